The van der Waals surface area contributed by atoms with Gasteiger partial charge in [-0.15, -0.1) is 0 Å². The molecule has 1 heterocycles. The standard InChI is InChI=1S/C19H26N2O5S/c1-5-24-17(23)13-7-8-15-14(11-13)21-18(25-15)27-10-6-9-20-12-16(22)26-19(2,3)4/h7-8,11,20H,5-6,9-10,12H2,1-4H3. The van der Waals surface area contributed by atoms with Crippen LogP contribution in [0.2, 0.25) is 0 Å². The number of carbonyl (C=O) groups is 2. The zero-order chi connectivity index (χ0) is 19.9. The molecule has 1 aromatic carbocycles. The summed E-state index contributed by atoms with van der Waals surface area (Å²) in [5.41, 5.74) is 1.26. The molecule has 0 aliphatic carbocycles. The number of nitrogens with one attached hydrogen (secondary N) is 1. The van der Waals surface area contributed by atoms with Crippen LogP contribution in [-0.2, 0) is 14.3 Å². The van der Waals surface area contributed by atoms with Gasteiger partial charge in [0.1, 0.15) is 11.1 Å². The van der Waals surface area contributed by atoms with Crippen LogP contribution in [0.25, 0.3) is 11.1 Å². The Morgan fingerprint density at radius 2 is 2.07 bits per heavy atom. The van der Waals surface area contributed by atoms with Crippen molar-refractivity contribution in [1.82, 2.24) is 10.3 Å². The van der Waals surface area contributed by atoms with Crippen molar-refractivity contribution in [2.75, 3.05) is 25.4 Å². The van der Waals surface area contributed by atoms with Crippen LogP contribution in [0.5, 0.6) is 0 Å². The third-order valence-electron chi connectivity index (χ3n) is 3.29. The van der Waals surface area contributed by atoms with E-state index in [-0.39, 0.29) is 18.5 Å². The summed E-state index contributed by atoms with van der Waals surface area (Å²) < 4.78 is 15.9. The lowest BCUT2D eigenvalue weighted by molar-refractivity contribution is -0.153. The van der Waals surface area contributed by atoms with Crippen LogP contribution in [-0.4, -0.2) is 48.0 Å². The molecule has 7 nitrogen and oxygen atoms in total. The first-order valence-corrected chi connectivity index (χ1v) is 9.90. The van der Waals surface area contributed by atoms with E-state index in [1.807, 2.05) is 20.8 Å². The number of rotatable bonds is 9. The number of hydrogen-bond acceptors (Lipinski definition) is 8. The first kappa shape index (κ1) is 21.2. The highest BCUT2D eigenvalue weighted by molar-refractivity contribution is 7.99. The number of thioether (sulfide) groups is 1. The van der Waals surface area contributed by atoms with E-state index in [4.69, 9.17) is 13.9 Å². The van der Waals surface area contributed by atoms with Gasteiger partial charge in [0.25, 0.3) is 5.22 Å². The van der Waals surface area contributed by atoms with E-state index in [1.165, 1.54) is 11.8 Å². The third kappa shape index (κ3) is 7.22. The van der Waals surface area contributed by atoms with Gasteiger partial charge in [0.05, 0.1) is 18.7 Å². The topological polar surface area (TPSA) is 90.7 Å². The Kier molecular flexibility index (Phi) is 7.67. The number of carbonyl (C=O) groups excluding carboxylic acids is 2. The average molecular weight is 394 g/mol. The Hall–Kier alpha value is -2.06. The SMILES string of the molecule is CCOC(=O)c1ccc2oc(SCCCNCC(=O)OC(C)(C)C)nc2c1. The van der Waals surface area contributed by atoms with Crippen molar-refractivity contribution >= 4 is 34.8 Å². The molecule has 148 valence electrons. The molecule has 1 N–H and O–H groups in total. The summed E-state index contributed by atoms with van der Waals surface area (Å²) >= 11 is 1.49. The van der Waals surface area contributed by atoms with E-state index in [9.17, 15) is 9.59 Å². The van der Waals surface area contributed by atoms with Crippen LogP contribution in [0, 0.1) is 0 Å². The van der Waals surface area contributed by atoms with Gasteiger partial charge in [0.2, 0.25) is 0 Å². The fraction of sp³-hybridized carbons (Fsp3) is 0.526. The van der Waals surface area contributed by atoms with E-state index in [2.05, 4.69) is 10.3 Å². The lowest BCUT2D eigenvalue weighted by atomic mass is 10.2. The molecule has 8 heteroatoms. The van der Waals surface area contributed by atoms with Crippen molar-refractivity contribution in [3.63, 3.8) is 0 Å². The molecule has 0 spiro atoms. The van der Waals surface area contributed by atoms with Crippen LogP contribution in [0.15, 0.2) is 27.8 Å². The number of hydrogen-bond donors (Lipinski definition) is 1. The van der Waals surface area contributed by atoms with Gasteiger partial charge in [0.15, 0.2) is 5.58 Å². The fourth-order valence-electron chi connectivity index (χ4n) is 2.23. The number of aromatic nitrogens is 1. The molecule has 27 heavy (non-hydrogen) atoms. The molecule has 0 aliphatic heterocycles. The highest BCUT2D eigenvalue weighted by Crippen LogP contribution is 2.24. The second kappa shape index (κ2) is 9.75. The largest absolute Gasteiger partial charge is 0.462 e. The molecule has 0 saturated carbocycles. The Morgan fingerprint density at radius 1 is 1.30 bits per heavy atom. The van der Waals surface area contributed by atoms with E-state index in [0.717, 1.165) is 12.2 Å². The number of benzene rings is 1. The summed E-state index contributed by atoms with van der Waals surface area (Å²) in [5.74, 6) is 0.165. The number of esters is 2. The van der Waals surface area contributed by atoms with Gasteiger partial charge in [-0.1, -0.05) is 11.8 Å². The minimum absolute atomic E-state index is 0.196. The van der Waals surface area contributed by atoms with Gasteiger partial charge >= 0.3 is 11.9 Å². The average Bonchev–Trinajstić information content (AvgIpc) is 2.98. The number of nitrogens with zero attached hydrogens (tertiary/aromatic N) is 1. The molecule has 0 amide bonds. The highest BCUT2D eigenvalue weighted by atomic mass is 32.2. The molecule has 0 saturated heterocycles. The molecule has 0 radical (unpaired) electrons. The summed E-state index contributed by atoms with van der Waals surface area (Å²) in [6.07, 6.45) is 0.847. The first-order chi connectivity index (χ1) is 12.8. The third-order valence-corrected chi connectivity index (χ3v) is 4.21. The zero-order valence-corrected chi connectivity index (χ0v) is 17.0. The Balaban J connectivity index is 1.74. The molecule has 0 bridgehead atoms. The van der Waals surface area contributed by atoms with Crippen LogP contribution < -0.4 is 5.32 Å². The van der Waals surface area contributed by atoms with Gasteiger partial charge < -0.3 is 19.2 Å². The summed E-state index contributed by atoms with van der Waals surface area (Å²) in [5, 5.41) is 3.62. The Bertz CT molecular complexity index is 782. The Labute approximate surface area is 163 Å². The normalized spacial score (nSPS) is 11.6. The van der Waals surface area contributed by atoms with E-state index in [0.29, 0.717) is 35.0 Å². The smallest absolute Gasteiger partial charge is 0.338 e. The predicted molar refractivity (Wildman–Crippen MR) is 104 cm³/mol. The van der Waals surface area contributed by atoms with Gasteiger partial charge in [-0.25, -0.2) is 9.78 Å². The molecule has 0 fully saturated rings. The van der Waals surface area contributed by atoms with Gasteiger partial charge in [-0.05, 0) is 58.9 Å². The van der Waals surface area contributed by atoms with E-state index in [1.54, 1.807) is 25.1 Å². The lowest BCUT2D eigenvalue weighted by Crippen LogP contribution is -2.32. The van der Waals surface area contributed by atoms with Gasteiger partial charge in [0, 0.05) is 5.75 Å². The van der Waals surface area contributed by atoms with E-state index >= 15 is 0 Å². The van der Waals surface area contributed by atoms with Crippen LogP contribution in [0.3, 0.4) is 0 Å². The predicted octanol–water partition coefficient (Wildman–Crippen LogP) is 3.42. The fourth-order valence-corrected chi connectivity index (χ4v) is 3.01. The van der Waals surface area contributed by atoms with Crippen LogP contribution >= 0.6 is 11.8 Å². The molecule has 2 rings (SSSR count). The van der Waals surface area contributed by atoms with Crippen molar-refractivity contribution in [3.8, 4) is 0 Å². The maximum absolute atomic E-state index is 11.8. The first-order valence-electron chi connectivity index (χ1n) is 8.91. The zero-order valence-electron chi connectivity index (χ0n) is 16.2. The minimum Gasteiger partial charge on any atom is -0.462 e. The van der Waals surface area contributed by atoms with Crippen molar-refractivity contribution < 1.29 is 23.5 Å². The maximum Gasteiger partial charge on any atom is 0.338 e. The highest BCUT2D eigenvalue weighted by Gasteiger charge is 2.15. The summed E-state index contributed by atoms with van der Waals surface area (Å²) in [6.45, 7) is 8.52. The Morgan fingerprint density at radius 3 is 2.78 bits per heavy atom. The number of ether oxygens (including phenoxy) is 2. The summed E-state index contributed by atoms with van der Waals surface area (Å²) in [4.78, 5) is 27.7. The minimum atomic E-state index is -0.464. The molecule has 0 aliphatic rings. The van der Waals surface area contributed by atoms with Crippen LogP contribution in [0.4, 0.5) is 0 Å². The van der Waals surface area contributed by atoms with Crippen molar-refractivity contribution in [3.05, 3.63) is 23.8 Å². The lowest BCUT2D eigenvalue weighted by Gasteiger charge is -2.19. The van der Waals surface area contributed by atoms with E-state index < -0.39 is 5.60 Å². The molecule has 0 unspecified atom stereocenters. The van der Waals surface area contributed by atoms with Crippen molar-refractivity contribution in [1.29, 1.82) is 0 Å². The monoisotopic (exact) mass is 394 g/mol. The molecular formula is C19H26N2O5S. The maximum atomic E-state index is 11.8. The summed E-state index contributed by atoms with van der Waals surface area (Å²) in [7, 11) is 0. The molecular weight excluding hydrogens is 368 g/mol. The molecule has 1 aromatic heterocycles. The molecule has 0 atom stereocenters. The van der Waals surface area contributed by atoms with Crippen LogP contribution in [0.1, 0.15) is 44.5 Å². The van der Waals surface area contributed by atoms with Gasteiger partial charge in [-0.2, -0.15) is 0 Å². The number of fused-ring (bicyclic) bond motifs is 1. The molecule has 2 aromatic rings. The van der Waals surface area contributed by atoms with Crippen molar-refractivity contribution in [2.24, 2.45) is 0 Å². The van der Waals surface area contributed by atoms with Gasteiger partial charge in [-0.3, -0.25) is 4.79 Å². The van der Waals surface area contributed by atoms with Crippen molar-refractivity contribution in [2.45, 2.75) is 44.9 Å². The quantitative estimate of drug-likeness (QED) is 0.393. The second-order valence-corrected chi connectivity index (χ2v) is 7.89. The second-order valence-electron chi connectivity index (χ2n) is 6.85. The number of oxazole rings is 1. The summed E-state index contributed by atoms with van der Waals surface area (Å²) in [6, 6.07) is 5.06.